The third-order valence-electron chi connectivity index (χ3n) is 2.66. The highest BCUT2D eigenvalue weighted by Gasteiger charge is 2.40. The van der Waals surface area contributed by atoms with Crippen LogP contribution >= 0.6 is 11.3 Å². The number of nitrogens with one attached hydrogen (secondary N) is 1. The van der Waals surface area contributed by atoms with E-state index in [0.29, 0.717) is 11.3 Å². The second kappa shape index (κ2) is 6.95. The van der Waals surface area contributed by atoms with Gasteiger partial charge in [0.15, 0.2) is 10.8 Å². The molecule has 0 atom stereocenters. The maximum absolute atomic E-state index is 13.1. The van der Waals surface area contributed by atoms with E-state index in [4.69, 9.17) is 0 Å². The number of esters is 1. The molecule has 0 spiro atoms. The van der Waals surface area contributed by atoms with Crippen molar-refractivity contribution in [3.63, 3.8) is 0 Å². The van der Waals surface area contributed by atoms with Crippen molar-refractivity contribution in [3.8, 4) is 0 Å². The van der Waals surface area contributed by atoms with Gasteiger partial charge in [-0.2, -0.15) is 13.2 Å². The predicted octanol–water partition coefficient (Wildman–Crippen LogP) is 3.73. The lowest BCUT2D eigenvalue weighted by Gasteiger charge is -2.05. The lowest BCUT2D eigenvalue weighted by molar-refractivity contribution is -0.141. The normalized spacial score (nSPS) is 11.2. The van der Waals surface area contributed by atoms with Gasteiger partial charge in [0.25, 0.3) is 5.91 Å². The largest absolute Gasteiger partial charge is 0.462 e. The molecule has 5 nitrogen and oxygen atoms in total. The van der Waals surface area contributed by atoms with E-state index in [-0.39, 0.29) is 12.2 Å². The summed E-state index contributed by atoms with van der Waals surface area (Å²) < 4.78 is 56.5. The van der Waals surface area contributed by atoms with Gasteiger partial charge >= 0.3 is 12.1 Å². The molecule has 1 aromatic heterocycles. The van der Waals surface area contributed by atoms with Crippen LogP contribution in [0.1, 0.15) is 32.6 Å². The first kappa shape index (κ1) is 17.9. The van der Waals surface area contributed by atoms with Crippen LogP contribution in [0.15, 0.2) is 24.3 Å². The van der Waals surface area contributed by atoms with E-state index in [0.717, 1.165) is 12.1 Å². The number of halogens is 4. The number of carbonyl (C=O) groups is 2. The molecule has 0 unspecified atom stereocenters. The molecule has 0 radical (unpaired) electrons. The lowest BCUT2D eigenvalue weighted by Crippen LogP contribution is -2.14. The molecule has 0 fully saturated rings. The zero-order valence-corrected chi connectivity index (χ0v) is 12.9. The summed E-state index contributed by atoms with van der Waals surface area (Å²) in [6, 6.07) is 4.58. The maximum Gasteiger partial charge on any atom is 0.435 e. The Morgan fingerprint density at radius 3 is 2.62 bits per heavy atom. The second-order valence-electron chi connectivity index (χ2n) is 4.38. The number of hydrogen-bond acceptors (Lipinski definition) is 5. The summed E-state index contributed by atoms with van der Waals surface area (Å²) in [5, 5.41) is 1.66. The van der Waals surface area contributed by atoms with E-state index in [1.165, 1.54) is 19.1 Å². The summed E-state index contributed by atoms with van der Waals surface area (Å²) in [6.07, 6.45) is -4.89. The summed E-state index contributed by atoms with van der Waals surface area (Å²) in [7, 11) is 0. The monoisotopic (exact) mass is 362 g/mol. The van der Waals surface area contributed by atoms with Gasteiger partial charge in [-0.3, -0.25) is 10.1 Å². The SMILES string of the molecule is CCOC(=O)c1sc(NC(=O)c2cccc(F)c2)nc1C(F)(F)F. The van der Waals surface area contributed by atoms with Crippen molar-refractivity contribution < 1.29 is 31.9 Å². The first-order chi connectivity index (χ1) is 11.2. The fourth-order valence-corrected chi connectivity index (χ4v) is 2.57. The molecule has 128 valence electrons. The highest BCUT2D eigenvalue weighted by Crippen LogP contribution is 2.36. The van der Waals surface area contributed by atoms with Gasteiger partial charge in [-0.25, -0.2) is 14.2 Å². The Hall–Kier alpha value is -2.49. The molecule has 0 aliphatic rings. The first-order valence-electron chi connectivity index (χ1n) is 6.54. The third-order valence-corrected chi connectivity index (χ3v) is 3.61. The molecule has 2 aromatic rings. The van der Waals surface area contributed by atoms with Crippen LogP contribution in [-0.2, 0) is 10.9 Å². The number of benzene rings is 1. The number of hydrogen-bond donors (Lipinski definition) is 1. The molecule has 0 bridgehead atoms. The number of rotatable bonds is 4. The molecular formula is C14H10F4N2O3S. The maximum atomic E-state index is 13.1. The van der Waals surface area contributed by atoms with Crippen LogP contribution < -0.4 is 5.32 Å². The second-order valence-corrected chi connectivity index (χ2v) is 5.38. The van der Waals surface area contributed by atoms with Gasteiger partial charge in [0.05, 0.1) is 6.61 Å². The molecule has 0 saturated heterocycles. The number of aromatic nitrogens is 1. The standard InChI is InChI=1S/C14H10F4N2O3S/c1-2-23-12(22)9-10(14(16,17)18)19-13(24-9)20-11(21)7-4-3-5-8(15)6-7/h3-6H,2H2,1H3,(H,19,20,21). The van der Waals surface area contributed by atoms with E-state index in [1.807, 2.05) is 0 Å². The van der Waals surface area contributed by atoms with E-state index >= 15 is 0 Å². The van der Waals surface area contributed by atoms with Gasteiger partial charge < -0.3 is 4.74 Å². The topological polar surface area (TPSA) is 68.3 Å². The molecule has 1 N–H and O–H groups in total. The zero-order chi connectivity index (χ0) is 17.9. The van der Waals surface area contributed by atoms with E-state index in [9.17, 15) is 27.2 Å². The molecule has 0 aliphatic carbocycles. The molecule has 24 heavy (non-hydrogen) atoms. The van der Waals surface area contributed by atoms with Crippen LogP contribution in [0, 0.1) is 5.82 Å². The summed E-state index contributed by atoms with van der Waals surface area (Å²) in [5.74, 6) is -2.72. The Morgan fingerprint density at radius 2 is 2.04 bits per heavy atom. The average molecular weight is 362 g/mol. The smallest absolute Gasteiger partial charge is 0.435 e. The minimum absolute atomic E-state index is 0.101. The molecule has 1 amide bonds. The Morgan fingerprint density at radius 1 is 1.33 bits per heavy atom. The summed E-state index contributed by atoms with van der Waals surface area (Å²) in [5.41, 5.74) is -1.54. The fraction of sp³-hybridized carbons (Fsp3) is 0.214. The third kappa shape index (κ3) is 4.07. The first-order valence-corrected chi connectivity index (χ1v) is 7.36. The van der Waals surface area contributed by atoms with Gasteiger partial charge in [0.1, 0.15) is 10.7 Å². The predicted molar refractivity (Wildman–Crippen MR) is 77.4 cm³/mol. The molecular weight excluding hydrogens is 352 g/mol. The van der Waals surface area contributed by atoms with Gasteiger partial charge in [-0.05, 0) is 25.1 Å². The number of ether oxygens (including phenoxy) is 1. The lowest BCUT2D eigenvalue weighted by atomic mass is 10.2. The molecule has 0 saturated carbocycles. The average Bonchev–Trinajstić information content (AvgIpc) is 2.91. The van der Waals surface area contributed by atoms with Crippen molar-refractivity contribution in [1.29, 1.82) is 0 Å². The number of anilines is 1. The minimum Gasteiger partial charge on any atom is -0.462 e. The highest BCUT2D eigenvalue weighted by molar-refractivity contribution is 7.17. The summed E-state index contributed by atoms with van der Waals surface area (Å²) in [4.78, 5) is 26.0. The Balaban J connectivity index is 2.31. The molecule has 0 aliphatic heterocycles. The van der Waals surface area contributed by atoms with Crippen LogP contribution in [-0.4, -0.2) is 23.5 Å². The van der Waals surface area contributed by atoms with Crippen molar-refractivity contribution in [2.45, 2.75) is 13.1 Å². The quantitative estimate of drug-likeness (QED) is 0.665. The van der Waals surface area contributed by atoms with Crippen molar-refractivity contribution in [2.24, 2.45) is 0 Å². The minimum atomic E-state index is -4.89. The van der Waals surface area contributed by atoms with Crippen molar-refractivity contribution in [3.05, 3.63) is 46.2 Å². The zero-order valence-electron chi connectivity index (χ0n) is 12.1. The number of amides is 1. The van der Waals surface area contributed by atoms with E-state index in [2.05, 4.69) is 15.0 Å². The Kier molecular flexibility index (Phi) is 5.17. The van der Waals surface area contributed by atoms with Crippen LogP contribution in [0.25, 0.3) is 0 Å². The molecule has 1 heterocycles. The number of alkyl halides is 3. The van der Waals surface area contributed by atoms with Crippen molar-refractivity contribution >= 4 is 28.3 Å². The molecule has 10 heteroatoms. The van der Waals surface area contributed by atoms with Crippen molar-refractivity contribution in [1.82, 2.24) is 4.98 Å². The molecule has 2 rings (SSSR count). The van der Waals surface area contributed by atoms with E-state index < -0.39 is 39.6 Å². The van der Waals surface area contributed by atoms with Crippen molar-refractivity contribution in [2.75, 3.05) is 11.9 Å². The number of thiazole rings is 1. The summed E-state index contributed by atoms with van der Waals surface area (Å²) in [6.45, 7) is 1.33. The van der Waals surface area contributed by atoms with Crippen LogP contribution in [0.2, 0.25) is 0 Å². The highest BCUT2D eigenvalue weighted by atomic mass is 32.1. The molecule has 1 aromatic carbocycles. The Labute approximate surface area is 137 Å². The van der Waals surface area contributed by atoms with Crippen LogP contribution in [0.3, 0.4) is 0 Å². The Bertz CT molecular complexity index is 774. The van der Waals surface area contributed by atoms with Gasteiger partial charge in [-0.1, -0.05) is 17.4 Å². The number of nitrogens with zero attached hydrogens (tertiary/aromatic N) is 1. The van der Waals surface area contributed by atoms with Gasteiger partial charge in [0.2, 0.25) is 0 Å². The van der Waals surface area contributed by atoms with Gasteiger partial charge in [0, 0.05) is 5.56 Å². The van der Waals surface area contributed by atoms with Gasteiger partial charge in [-0.15, -0.1) is 0 Å². The fourth-order valence-electron chi connectivity index (χ4n) is 1.70. The number of carbonyl (C=O) groups excluding carboxylic acids is 2. The van der Waals surface area contributed by atoms with E-state index in [1.54, 1.807) is 0 Å². The van der Waals surface area contributed by atoms with Crippen LogP contribution in [0.5, 0.6) is 0 Å². The van der Waals surface area contributed by atoms with Crippen LogP contribution in [0.4, 0.5) is 22.7 Å². The summed E-state index contributed by atoms with van der Waals surface area (Å²) >= 11 is 0.330.